The monoisotopic (exact) mass is 739 g/mol. The number of anilines is 2. The number of hydrogen-bond acceptors (Lipinski definition) is 1. The molecular weight excluding hydrogens is 699 g/mol. The Balaban J connectivity index is 1.00. The number of hydrogen-bond donors (Lipinski definition) is 0. The van der Waals surface area contributed by atoms with Crippen molar-refractivity contribution in [1.82, 2.24) is 0 Å². The normalized spacial score (nSPS) is 13.2. The number of fused-ring (bicyclic) bond motifs is 8. The second-order valence-corrected chi connectivity index (χ2v) is 16.2. The quantitative estimate of drug-likeness (QED) is 0.154. The third-order valence-electron chi connectivity index (χ3n) is 12.4. The van der Waals surface area contributed by atoms with E-state index >= 15 is 0 Å². The lowest BCUT2D eigenvalue weighted by Gasteiger charge is -2.36. The maximum atomic E-state index is 2.49. The Hall–Kier alpha value is -7.22. The first-order chi connectivity index (χ1) is 28.5. The van der Waals surface area contributed by atoms with Crippen molar-refractivity contribution >= 4 is 60.5 Å². The molecule has 0 N–H and O–H groups in total. The van der Waals surface area contributed by atoms with E-state index in [0.29, 0.717) is 0 Å². The van der Waals surface area contributed by atoms with E-state index < -0.39 is 0 Å². The molecule has 0 saturated carbocycles. The highest BCUT2D eigenvalue weighted by Gasteiger charge is 2.39. The fourth-order valence-corrected chi connectivity index (χ4v) is 9.41. The Morgan fingerprint density at radius 2 is 0.690 bits per heavy atom. The predicted molar refractivity (Wildman–Crippen MR) is 249 cm³/mol. The molecule has 11 rings (SSSR count). The lowest BCUT2D eigenvalue weighted by Crippen LogP contribution is -2.29. The molecule has 1 heteroatoms. The van der Waals surface area contributed by atoms with Crippen LogP contribution in [-0.4, -0.2) is 0 Å². The molecule has 0 aromatic heterocycles. The van der Waals surface area contributed by atoms with Gasteiger partial charge < -0.3 is 4.90 Å². The van der Waals surface area contributed by atoms with Gasteiger partial charge in [0.1, 0.15) is 0 Å². The predicted octanol–water partition coefficient (Wildman–Crippen LogP) is 15.8. The van der Waals surface area contributed by atoms with E-state index in [4.69, 9.17) is 0 Å². The third-order valence-corrected chi connectivity index (χ3v) is 12.4. The van der Waals surface area contributed by atoms with Crippen molar-refractivity contribution in [3.63, 3.8) is 0 Å². The van der Waals surface area contributed by atoms with Gasteiger partial charge in [0.25, 0.3) is 0 Å². The number of nitrogens with zero attached hydrogens (tertiary/aromatic N) is 1. The van der Waals surface area contributed by atoms with Crippen LogP contribution >= 0.6 is 0 Å². The Morgan fingerprint density at radius 3 is 1.19 bits per heavy atom. The van der Waals surface area contributed by atoms with E-state index in [-0.39, 0.29) is 5.41 Å². The SMILES string of the molecule is CC1(C)C(N(c2ccc(-c3ccc(-c4ccc5ccccc5c4)cc3)cc2)c2ccc(-c3ccc4ccccc4c3)cc2)=Cc2c1c1ccccc1c1ccccc21. The Bertz CT molecular complexity index is 3220. The summed E-state index contributed by atoms with van der Waals surface area (Å²) in [4.78, 5) is 2.49. The van der Waals surface area contributed by atoms with E-state index in [9.17, 15) is 0 Å². The van der Waals surface area contributed by atoms with Crippen LogP contribution in [0.5, 0.6) is 0 Å². The summed E-state index contributed by atoms with van der Waals surface area (Å²) in [6.45, 7) is 4.79. The lowest BCUT2D eigenvalue weighted by atomic mass is 9.79. The van der Waals surface area contributed by atoms with E-state index in [1.807, 2.05) is 0 Å². The van der Waals surface area contributed by atoms with Gasteiger partial charge in [-0.3, -0.25) is 0 Å². The largest absolute Gasteiger partial charge is 0.313 e. The van der Waals surface area contributed by atoms with Crippen LogP contribution in [0, 0.1) is 0 Å². The first-order valence-corrected chi connectivity index (χ1v) is 20.2. The van der Waals surface area contributed by atoms with Crippen molar-refractivity contribution in [2.24, 2.45) is 0 Å². The molecule has 0 fully saturated rings. The summed E-state index contributed by atoms with van der Waals surface area (Å²) in [6, 6.07) is 75.7. The lowest BCUT2D eigenvalue weighted by molar-refractivity contribution is 0.632. The minimum absolute atomic E-state index is 0.284. The summed E-state index contributed by atoms with van der Waals surface area (Å²) in [5.41, 5.74) is 13.2. The van der Waals surface area contributed by atoms with Crippen molar-refractivity contribution in [2.75, 3.05) is 4.90 Å². The van der Waals surface area contributed by atoms with Crippen LogP contribution in [-0.2, 0) is 5.41 Å². The minimum Gasteiger partial charge on any atom is -0.313 e. The van der Waals surface area contributed by atoms with Crippen LogP contribution < -0.4 is 4.90 Å². The number of rotatable bonds is 6. The molecule has 10 aromatic rings. The van der Waals surface area contributed by atoms with Crippen molar-refractivity contribution in [3.8, 4) is 33.4 Å². The fraction of sp³-hybridized carbons (Fsp3) is 0.0526. The molecule has 0 radical (unpaired) electrons. The van der Waals surface area contributed by atoms with Crippen molar-refractivity contribution < 1.29 is 0 Å². The first kappa shape index (κ1) is 34.1. The molecular formula is C57H41N. The van der Waals surface area contributed by atoms with Crippen LogP contribution in [0.3, 0.4) is 0 Å². The molecule has 0 bridgehead atoms. The molecule has 58 heavy (non-hydrogen) atoms. The van der Waals surface area contributed by atoms with Gasteiger partial charge in [0, 0.05) is 22.5 Å². The topological polar surface area (TPSA) is 3.24 Å². The van der Waals surface area contributed by atoms with Gasteiger partial charge in [0.15, 0.2) is 0 Å². The summed E-state index contributed by atoms with van der Waals surface area (Å²) >= 11 is 0. The van der Waals surface area contributed by atoms with Gasteiger partial charge in [-0.2, -0.15) is 0 Å². The van der Waals surface area contributed by atoms with Gasteiger partial charge in [-0.25, -0.2) is 0 Å². The Kier molecular flexibility index (Phi) is 7.91. The second kappa shape index (κ2) is 13.5. The maximum absolute atomic E-state index is 2.49. The second-order valence-electron chi connectivity index (χ2n) is 16.2. The highest BCUT2D eigenvalue weighted by Crippen LogP contribution is 2.52. The average Bonchev–Trinajstić information content (AvgIpc) is 3.57. The Labute approximate surface area is 339 Å². The molecule has 1 aliphatic rings. The molecule has 0 unspecified atom stereocenters. The van der Waals surface area contributed by atoms with Gasteiger partial charge in [-0.05, 0) is 130 Å². The van der Waals surface area contributed by atoms with E-state index in [2.05, 4.69) is 231 Å². The van der Waals surface area contributed by atoms with E-state index in [1.165, 1.54) is 93.3 Å². The average molecular weight is 740 g/mol. The summed E-state index contributed by atoms with van der Waals surface area (Å²) in [5.74, 6) is 0. The zero-order chi connectivity index (χ0) is 38.8. The summed E-state index contributed by atoms with van der Waals surface area (Å²) in [7, 11) is 0. The molecule has 0 spiro atoms. The summed E-state index contributed by atoms with van der Waals surface area (Å²) in [6.07, 6.45) is 2.46. The molecule has 0 amide bonds. The van der Waals surface area contributed by atoms with Gasteiger partial charge in [0.2, 0.25) is 0 Å². The van der Waals surface area contributed by atoms with Crippen molar-refractivity contribution in [1.29, 1.82) is 0 Å². The number of allylic oxidation sites excluding steroid dienone is 1. The highest BCUT2D eigenvalue weighted by atomic mass is 15.2. The van der Waals surface area contributed by atoms with Crippen LogP contribution in [0.25, 0.3) is 82.5 Å². The molecule has 0 saturated heterocycles. The zero-order valence-corrected chi connectivity index (χ0v) is 32.7. The zero-order valence-electron chi connectivity index (χ0n) is 32.7. The van der Waals surface area contributed by atoms with E-state index in [0.717, 1.165) is 11.4 Å². The minimum atomic E-state index is -0.284. The van der Waals surface area contributed by atoms with Crippen LogP contribution in [0.1, 0.15) is 25.0 Å². The smallest absolute Gasteiger partial charge is 0.0459 e. The van der Waals surface area contributed by atoms with Crippen LogP contribution in [0.4, 0.5) is 11.4 Å². The molecule has 0 atom stereocenters. The first-order valence-electron chi connectivity index (χ1n) is 20.2. The van der Waals surface area contributed by atoms with Gasteiger partial charge in [0.05, 0.1) is 0 Å². The van der Waals surface area contributed by atoms with E-state index in [1.54, 1.807) is 0 Å². The third kappa shape index (κ3) is 5.62. The number of benzene rings is 10. The van der Waals surface area contributed by atoms with Crippen LogP contribution in [0.15, 0.2) is 212 Å². The maximum Gasteiger partial charge on any atom is 0.0459 e. The van der Waals surface area contributed by atoms with Gasteiger partial charge in [-0.15, -0.1) is 0 Å². The molecule has 1 aliphatic carbocycles. The summed E-state index contributed by atoms with van der Waals surface area (Å²) in [5, 5.41) is 10.3. The van der Waals surface area contributed by atoms with Crippen LogP contribution in [0.2, 0.25) is 0 Å². The molecule has 0 heterocycles. The highest BCUT2D eigenvalue weighted by molar-refractivity contribution is 6.15. The van der Waals surface area contributed by atoms with Crippen molar-refractivity contribution in [3.05, 3.63) is 223 Å². The van der Waals surface area contributed by atoms with Gasteiger partial charge in [-0.1, -0.05) is 184 Å². The van der Waals surface area contributed by atoms with Gasteiger partial charge >= 0.3 is 0 Å². The molecule has 10 aromatic carbocycles. The van der Waals surface area contributed by atoms with Crippen molar-refractivity contribution in [2.45, 2.75) is 19.3 Å². The molecule has 0 aliphatic heterocycles. The fourth-order valence-electron chi connectivity index (χ4n) is 9.41. The summed E-state index contributed by atoms with van der Waals surface area (Å²) < 4.78 is 0. The standard InChI is InChI=1S/C57H41N/c1-57(2)55(37-54-52-17-8-7-15-50(52)51-16-9-10-18-53(51)56(54)57)58(49-33-29-43(30-34-49)47-26-24-39-12-4-6-14-45(39)36-47)48-31-27-41(28-32-48)40-19-21-42(22-20-40)46-25-23-38-11-3-5-13-44(38)35-46/h3-37H,1-2H3. The molecule has 274 valence electrons. The molecule has 1 nitrogen and oxygen atoms in total. The Morgan fingerprint density at radius 1 is 0.328 bits per heavy atom.